The molecule has 0 spiro atoms. The molecule has 206 valence electrons. The third-order valence-corrected chi connectivity index (χ3v) is 7.34. The number of carbonyl (C=O) groups excluding carboxylic acids is 1. The van der Waals surface area contributed by atoms with E-state index in [-0.39, 0.29) is 17.1 Å². The molecule has 1 amide bonds. The van der Waals surface area contributed by atoms with Crippen LogP contribution in [0.25, 0.3) is 28.3 Å². The van der Waals surface area contributed by atoms with Gasteiger partial charge in [0.05, 0.1) is 24.5 Å². The Hall–Kier alpha value is -4.35. The van der Waals surface area contributed by atoms with Crippen molar-refractivity contribution in [3.63, 3.8) is 0 Å². The van der Waals surface area contributed by atoms with Crippen LogP contribution in [0.15, 0.2) is 66.3 Å². The second-order valence-electron chi connectivity index (χ2n) is 9.95. The van der Waals surface area contributed by atoms with Gasteiger partial charge in [-0.3, -0.25) is 9.69 Å². The number of fused-ring (bicyclic) bond motifs is 1. The standard InChI is InChI=1S/C29H30FN7O3/c1-18-26(27(31)38)40-19(2)37(18)23-7-8-25(30)24(15-23)28-33-29-32-16-22(17-36(29)34-28)21-5-3-20(4-6-21)9-10-35-11-13-39-14-12-35/h3-8,15-17,19H,9-14H2,1-2H3,(H2,31,38). The highest BCUT2D eigenvalue weighted by Gasteiger charge is 2.32. The molecule has 0 saturated carbocycles. The average Bonchev–Trinajstić information content (AvgIpc) is 3.52. The van der Waals surface area contributed by atoms with Crippen LogP contribution >= 0.6 is 0 Å². The number of hydrogen-bond donors (Lipinski definition) is 1. The summed E-state index contributed by atoms with van der Waals surface area (Å²) in [6.07, 6.45) is 4.08. The quantitative estimate of drug-likeness (QED) is 0.378. The lowest BCUT2D eigenvalue weighted by atomic mass is 10.1. The fourth-order valence-corrected chi connectivity index (χ4v) is 5.19. The van der Waals surface area contributed by atoms with Crippen molar-refractivity contribution in [3.05, 3.63) is 77.7 Å². The number of hydrogen-bond acceptors (Lipinski definition) is 8. The van der Waals surface area contributed by atoms with Gasteiger partial charge in [0.1, 0.15) is 5.82 Å². The molecule has 4 aromatic rings. The first-order valence-corrected chi connectivity index (χ1v) is 13.3. The molecule has 2 aromatic heterocycles. The normalized spacial score (nSPS) is 18.0. The number of allylic oxidation sites excluding steroid dienone is 1. The first-order valence-electron chi connectivity index (χ1n) is 13.3. The number of halogens is 1. The zero-order chi connectivity index (χ0) is 27.8. The molecule has 1 atom stereocenters. The van der Waals surface area contributed by atoms with E-state index in [0.29, 0.717) is 17.2 Å². The molecule has 2 aliphatic rings. The van der Waals surface area contributed by atoms with Crippen LogP contribution in [0, 0.1) is 5.82 Å². The summed E-state index contributed by atoms with van der Waals surface area (Å²) in [5.74, 6) is -0.480. The van der Waals surface area contributed by atoms with Crippen molar-refractivity contribution >= 4 is 17.4 Å². The molecule has 10 nitrogen and oxygen atoms in total. The van der Waals surface area contributed by atoms with E-state index >= 15 is 0 Å². The Balaban J connectivity index is 1.23. The van der Waals surface area contributed by atoms with Gasteiger partial charge in [-0.15, -0.1) is 5.10 Å². The van der Waals surface area contributed by atoms with Crippen molar-refractivity contribution in [1.82, 2.24) is 24.5 Å². The summed E-state index contributed by atoms with van der Waals surface area (Å²) in [6, 6.07) is 13.0. The van der Waals surface area contributed by atoms with Gasteiger partial charge in [-0.1, -0.05) is 24.3 Å². The lowest BCUT2D eigenvalue weighted by Gasteiger charge is -2.26. The Kier molecular flexibility index (Phi) is 6.91. The van der Waals surface area contributed by atoms with Gasteiger partial charge < -0.3 is 20.1 Å². The zero-order valence-corrected chi connectivity index (χ0v) is 22.4. The molecule has 1 unspecified atom stereocenters. The van der Waals surface area contributed by atoms with E-state index in [1.54, 1.807) is 41.6 Å². The highest BCUT2D eigenvalue weighted by Crippen LogP contribution is 2.34. The van der Waals surface area contributed by atoms with Crippen LogP contribution in [0.1, 0.15) is 19.4 Å². The Labute approximate surface area is 230 Å². The number of nitrogens with zero attached hydrogens (tertiary/aromatic N) is 6. The van der Waals surface area contributed by atoms with Gasteiger partial charge in [-0.05, 0) is 49.6 Å². The molecule has 6 rings (SSSR count). The van der Waals surface area contributed by atoms with Crippen molar-refractivity contribution in [2.75, 3.05) is 37.7 Å². The van der Waals surface area contributed by atoms with Gasteiger partial charge in [0.25, 0.3) is 11.7 Å². The van der Waals surface area contributed by atoms with E-state index in [1.807, 2.05) is 6.20 Å². The Morgan fingerprint density at radius 3 is 2.62 bits per heavy atom. The van der Waals surface area contributed by atoms with Gasteiger partial charge in [0.15, 0.2) is 12.1 Å². The van der Waals surface area contributed by atoms with Gasteiger partial charge in [0, 0.05) is 43.3 Å². The fraction of sp³-hybridized carbons (Fsp3) is 0.310. The summed E-state index contributed by atoms with van der Waals surface area (Å²) < 4.78 is 27.6. The highest BCUT2D eigenvalue weighted by atomic mass is 19.1. The molecule has 0 aliphatic carbocycles. The van der Waals surface area contributed by atoms with E-state index in [0.717, 1.165) is 50.4 Å². The van der Waals surface area contributed by atoms with E-state index in [9.17, 15) is 9.18 Å². The van der Waals surface area contributed by atoms with E-state index in [1.165, 1.54) is 11.6 Å². The number of amides is 1. The van der Waals surface area contributed by atoms with Crippen molar-refractivity contribution in [3.8, 4) is 22.5 Å². The largest absolute Gasteiger partial charge is 0.463 e. The summed E-state index contributed by atoms with van der Waals surface area (Å²) in [5, 5.41) is 4.53. The predicted molar refractivity (Wildman–Crippen MR) is 147 cm³/mol. The van der Waals surface area contributed by atoms with Crippen molar-refractivity contribution < 1.29 is 18.7 Å². The van der Waals surface area contributed by atoms with E-state index < -0.39 is 18.0 Å². The van der Waals surface area contributed by atoms with Crippen LogP contribution in [0.3, 0.4) is 0 Å². The summed E-state index contributed by atoms with van der Waals surface area (Å²) in [4.78, 5) is 24.9. The maximum Gasteiger partial charge on any atom is 0.285 e. The summed E-state index contributed by atoms with van der Waals surface area (Å²) >= 11 is 0. The van der Waals surface area contributed by atoms with Crippen LogP contribution in [0.4, 0.5) is 10.1 Å². The van der Waals surface area contributed by atoms with Gasteiger partial charge in [-0.25, -0.2) is 13.9 Å². The highest BCUT2D eigenvalue weighted by molar-refractivity contribution is 5.92. The minimum atomic E-state index is -0.652. The van der Waals surface area contributed by atoms with Crippen molar-refractivity contribution in [2.24, 2.45) is 5.73 Å². The Morgan fingerprint density at radius 2 is 1.90 bits per heavy atom. The summed E-state index contributed by atoms with van der Waals surface area (Å²) in [7, 11) is 0. The molecule has 2 N–H and O–H groups in total. The van der Waals surface area contributed by atoms with Crippen LogP contribution in [0.2, 0.25) is 0 Å². The number of rotatable bonds is 7. The summed E-state index contributed by atoms with van der Waals surface area (Å²) in [5.41, 5.74) is 9.98. The number of morpholine rings is 1. The van der Waals surface area contributed by atoms with Crippen LogP contribution in [-0.2, 0) is 20.7 Å². The first kappa shape index (κ1) is 25.9. The molecule has 4 heterocycles. The third-order valence-electron chi connectivity index (χ3n) is 7.34. The zero-order valence-electron chi connectivity index (χ0n) is 22.4. The molecular formula is C29H30FN7O3. The fourth-order valence-electron chi connectivity index (χ4n) is 5.19. The Bertz CT molecular complexity index is 1600. The van der Waals surface area contributed by atoms with Gasteiger partial charge in [-0.2, -0.15) is 4.98 Å². The number of nitrogens with two attached hydrogens (primary N) is 1. The van der Waals surface area contributed by atoms with Gasteiger partial charge >= 0.3 is 0 Å². The molecule has 1 saturated heterocycles. The lowest BCUT2D eigenvalue weighted by molar-refractivity contribution is -0.118. The maximum atomic E-state index is 15.0. The topological polar surface area (TPSA) is 111 Å². The number of anilines is 1. The molecule has 0 bridgehead atoms. The second-order valence-corrected chi connectivity index (χ2v) is 9.95. The molecule has 2 aliphatic heterocycles. The third kappa shape index (κ3) is 5.01. The van der Waals surface area contributed by atoms with Crippen molar-refractivity contribution in [2.45, 2.75) is 26.5 Å². The molecule has 11 heteroatoms. The van der Waals surface area contributed by atoms with E-state index in [2.05, 4.69) is 44.2 Å². The molecule has 0 radical (unpaired) electrons. The number of primary amides is 1. The van der Waals surface area contributed by atoms with Crippen molar-refractivity contribution in [1.29, 1.82) is 0 Å². The minimum absolute atomic E-state index is 0.0890. The van der Waals surface area contributed by atoms with Crippen LogP contribution in [0.5, 0.6) is 0 Å². The number of ether oxygens (including phenoxy) is 2. The summed E-state index contributed by atoms with van der Waals surface area (Å²) in [6.45, 7) is 8.11. The second kappa shape index (κ2) is 10.7. The van der Waals surface area contributed by atoms with Gasteiger partial charge in [0.2, 0.25) is 5.76 Å². The van der Waals surface area contributed by atoms with Crippen LogP contribution < -0.4 is 10.6 Å². The molecule has 1 fully saturated rings. The smallest absolute Gasteiger partial charge is 0.285 e. The number of aromatic nitrogens is 4. The minimum Gasteiger partial charge on any atom is -0.463 e. The monoisotopic (exact) mass is 543 g/mol. The first-order chi connectivity index (χ1) is 19.4. The number of benzene rings is 2. The van der Waals surface area contributed by atoms with Crippen LogP contribution in [-0.4, -0.2) is 69.5 Å². The average molecular weight is 544 g/mol. The molecule has 2 aromatic carbocycles. The molecule has 40 heavy (non-hydrogen) atoms. The molecular weight excluding hydrogens is 513 g/mol. The SMILES string of the molecule is CC1=C(C(N)=O)OC(C)N1c1ccc(F)c(-c2nc3ncc(-c4ccc(CCN5CCOCC5)cc4)cn3n2)c1. The maximum absolute atomic E-state index is 15.0. The Morgan fingerprint density at radius 1 is 1.12 bits per heavy atom. The van der Waals surface area contributed by atoms with E-state index in [4.69, 9.17) is 15.2 Å². The lowest BCUT2D eigenvalue weighted by Crippen LogP contribution is -2.37. The number of carbonyl (C=O) groups is 1. The predicted octanol–water partition coefficient (Wildman–Crippen LogP) is 3.37.